The molecule has 33 heavy (non-hydrogen) atoms. The van der Waals surface area contributed by atoms with E-state index in [1.165, 1.54) is 11.3 Å². The van der Waals surface area contributed by atoms with Gasteiger partial charge in [0.05, 0.1) is 29.6 Å². The number of nitrogens with zero attached hydrogens (tertiary/aromatic N) is 6. The summed E-state index contributed by atoms with van der Waals surface area (Å²) in [4.78, 5) is 31.4. The SMILES string of the molecule is COCCN1CCN(CC(=O)Nc2nc3ccc(Sc4cnc5ncccn45)cc3s2)CC1. The van der Waals surface area contributed by atoms with Crippen molar-refractivity contribution in [3.63, 3.8) is 0 Å². The average Bonchev–Trinajstić information content (AvgIpc) is 3.42. The minimum absolute atomic E-state index is 0.0211. The molecule has 1 aliphatic rings. The quantitative estimate of drug-likeness (QED) is 0.409. The van der Waals surface area contributed by atoms with Gasteiger partial charge in [0, 0.05) is 57.1 Å². The van der Waals surface area contributed by atoms with Crippen LogP contribution in [0.3, 0.4) is 0 Å². The van der Waals surface area contributed by atoms with E-state index in [1.807, 2.05) is 35.0 Å². The molecule has 1 amide bonds. The lowest BCUT2D eigenvalue weighted by atomic mass is 10.3. The number of piperazine rings is 1. The molecular formula is C22H25N7O2S2. The van der Waals surface area contributed by atoms with Crippen LogP contribution in [0.25, 0.3) is 16.0 Å². The molecule has 3 aromatic heterocycles. The number of ether oxygens (including phenoxy) is 1. The number of aromatic nitrogens is 4. The predicted octanol–water partition coefficient (Wildman–Crippen LogP) is 2.69. The molecular weight excluding hydrogens is 458 g/mol. The first-order chi connectivity index (χ1) is 16.2. The number of imidazole rings is 1. The van der Waals surface area contributed by atoms with Gasteiger partial charge in [0.1, 0.15) is 5.03 Å². The third-order valence-corrected chi connectivity index (χ3v) is 7.46. The van der Waals surface area contributed by atoms with Crippen LogP contribution in [0.1, 0.15) is 0 Å². The summed E-state index contributed by atoms with van der Waals surface area (Å²) in [6.45, 7) is 5.76. The number of carbonyl (C=O) groups is 1. The van der Waals surface area contributed by atoms with Crippen LogP contribution in [0, 0.1) is 0 Å². The highest BCUT2D eigenvalue weighted by Gasteiger charge is 2.19. The van der Waals surface area contributed by atoms with Crippen LogP contribution in [-0.2, 0) is 9.53 Å². The van der Waals surface area contributed by atoms with Gasteiger partial charge in [-0.3, -0.25) is 19.0 Å². The van der Waals surface area contributed by atoms with Gasteiger partial charge in [-0.1, -0.05) is 23.1 Å². The van der Waals surface area contributed by atoms with Crippen molar-refractivity contribution in [3.05, 3.63) is 42.9 Å². The maximum absolute atomic E-state index is 12.6. The van der Waals surface area contributed by atoms with Crippen LogP contribution >= 0.6 is 23.1 Å². The molecule has 172 valence electrons. The Morgan fingerprint density at radius 1 is 1.21 bits per heavy atom. The third-order valence-electron chi connectivity index (χ3n) is 5.53. The molecule has 0 saturated carbocycles. The van der Waals surface area contributed by atoms with E-state index in [-0.39, 0.29) is 5.91 Å². The summed E-state index contributed by atoms with van der Waals surface area (Å²) < 4.78 is 8.14. The smallest absolute Gasteiger partial charge is 0.240 e. The van der Waals surface area contributed by atoms with E-state index in [4.69, 9.17) is 4.74 Å². The number of carbonyl (C=O) groups excluding carboxylic acids is 1. The number of nitrogens with one attached hydrogen (secondary N) is 1. The number of hydrogen-bond acceptors (Lipinski definition) is 9. The number of hydrogen-bond donors (Lipinski definition) is 1. The number of amides is 1. The molecule has 1 aromatic carbocycles. The molecule has 4 aromatic rings. The Balaban J connectivity index is 1.19. The molecule has 5 rings (SSSR count). The van der Waals surface area contributed by atoms with Crippen molar-refractivity contribution in [1.29, 1.82) is 0 Å². The van der Waals surface area contributed by atoms with E-state index in [9.17, 15) is 4.79 Å². The molecule has 0 unspecified atom stereocenters. The molecule has 11 heteroatoms. The van der Waals surface area contributed by atoms with Gasteiger partial charge in [-0.25, -0.2) is 15.0 Å². The van der Waals surface area contributed by atoms with Gasteiger partial charge in [-0.05, 0) is 24.3 Å². The Morgan fingerprint density at radius 3 is 2.91 bits per heavy atom. The molecule has 0 aliphatic carbocycles. The number of anilines is 1. The highest BCUT2D eigenvalue weighted by atomic mass is 32.2. The lowest BCUT2D eigenvalue weighted by Gasteiger charge is -2.33. The van der Waals surface area contributed by atoms with Crippen molar-refractivity contribution < 1.29 is 9.53 Å². The topological polar surface area (TPSA) is 87.9 Å². The van der Waals surface area contributed by atoms with Gasteiger partial charge in [0.2, 0.25) is 11.7 Å². The van der Waals surface area contributed by atoms with Crippen molar-refractivity contribution in [2.45, 2.75) is 9.92 Å². The molecule has 0 spiro atoms. The molecule has 0 radical (unpaired) electrons. The summed E-state index contributed by atoms with van der Waals surface area (Å²) in [5.41, 5.74) is 0.881. The zero-order chi connectivity index (χ0) is 22.6. The van der Waals surface area contributed by atoms with E-state index >= 15 is 0 Å². The van der Waals surface area contributed by atoms with E-state index in [0.29, 0.717) is 17.5 Å². The zero-order valence-electron chi connectivity index (χ0n) is 18.3. The zero-order valence-corrected chi connectivity index (χ0v) is 19.9. The van der Waals surface area contributed by atoms with Crippen LogP contribution in [0.4, 0.5) is 5.13 Å². The highest BCUT2D eigenvalue weighted by molar-refractivity contribution is 7.99. The summed E-state index contributed by atoms with van der Waals surface area (Å²) >= 11 is 3.12. The largest absolute Gasteiger partial charge is 0.383 e. The highest BCUT2D eigenvalue weighted by Crippen LogP contribution is 2.33. The summed E-state index contributed by atoms with van der Waals surface area (Å²) in [6.07, 6.45) is 5.52. The predicted molar refractivity (Wildman–Crippen MR) is 130 cm³/mol. The summed E-state index contributed by atoms with van der Waals surface area (Å²) in [5, 5.41) is 4.61. The maximum Gasteiger partial charge on any atom is 0.240 e. The molecule has 1 N–H and O–H groups in total. The molecule has 4 heterocycles. The third kappa shape index (κ3) is 5.33. The van der Waals surface area contributed by atoms with Crippen molar-refractivity contribution >= 4 is 50.1 Å². The van der Waals surface area contributed by atoms with Crippen molar-refractivity contribution in [2.75, 3.05) is 58.3 Å². The van der Waals surface area contributed by atoms with E-state index in [0.717, 1.165) is 59.5 Å². The first kappa shape index (κ1) is 22.2. The minimum Gasteiger partial charge on any atom is -0.383 e. The van der Waals surface area contributed by atoms with E-state index in [2.05, 4.69) is 36.1 Å². The van der Waals surface area contributed by atoms with Crippen LogP contribution < -0.4 is 5.32 Å². The second-order valence-corrected chi connectivity index (χ2v) is 9.92. The van der Waals surface area contributed by atoms with Crippen LogP contribution in [0.5, 0.6) is 0 Å². The van der Waals surface area contributed by atoms with Crippen LogP contribution in [0.2, 0.25) is 0 Å². The Labute approximate surface area is 199 Å². The number of benzene rings is 1. The molecule has 1 fully saturated rings. The number of fused-ring (bicyclic) bond motifs is 2. The van der Waals surface area contributed by atoms with Crippen LogP contribution in [0.15, 0.2) is 52.8 Å². The Morgan fingerprint density at radius 2 is 2.06 bits per heavy atom. The van der Waals surface area contributed by atoms with Gasteiger partial charge in [0.15, 0.2) is 5.13 Å². The van der Waals surface area contributed by atoms with Gasteiger partial charge >= 0.3 is 0 Å². The van der Waals surface area contributed by atoms with E-state index < -0.39 is 0 Å². The summed E-state index contributed by atoms with van der Waals surface area (Å²) in [6, 6.07) is 8.02. The second-order valence-electron chi connectivity index (χ2n) is 7.80. The van der Waals surface area contributed by atoms with Gasteiger partial charge in [-0.15, -0.1) is 0 Å². The Bertz CT molecular complexity index is 1250. The van der Waals surface area contributed by atoms with Gasteiger partial charge < -0.3 is 10.1 Å². The molecule has 0 atom stereocenters. The van der Waals surface area contributed by atoms with E-state index in [1.54, 1.807) is 25.1 Å². The van der Waals surface area contributed by atoms with Crippen molar-refractivity contribution in [3.8, 4) is 0 Å². The average molecular weight is 484 g/mol. The monoisotopic (exact) mass is 483 g/mol. The summed E-state index contributed by atoms with van der Waals surface area (Å²) in [5.74, 6) is 0.660. The number of thiazole rings is 1. The first-order valence-corrected chi connectivity index (χ1v) is 12.4. The Kier molecular flexibility index (Phi) is 6.83. The normalized spacial score (nSPS) is 15.4. The lowest BCUT2D eigenvalue weighted by molar-refractivity contribution is -0.117. The molecule has 0 bridgehead atoms. The fourth-order valence-electron chi connectivity index (χ4n) is 3.78. The lowest BCUT2D eigenvalue weighted by Crippen LogP contribution is -2.49. The number of rotatable bonds is 8. The fourth-order valence-corrected chi connectivity index (χ4v) is 5.67. The van der Waals surface area contributed by atoms with Crippen molar-refractivity contribution in [1.82, 2.24) is 29.2 Å². The van der Waals surface area contributed by atoms with Crippen molar-refractivity contribution in [2.24, 2.45) is 0 Å². The molecule has 1 saturated heterocycles. The molecule has 1 aliphatic heterocycles. The van der Waals surface area contributed by atoms with Gasteiger partial charge in [0.25, 0.3) is 0 Å². The Hall–Kier alpha value is -2.57. The van der Waals surface area contributed by atoms with Crippen LogP contribution in [-0.4, -0.2) is 88.0 Å². The minimum atomic E-state index is -0.0211. The fraction of sp³-hybridized carbons (Fsp3) is 0.364. The van der Waals surface area contributed by atoms with Gasteiger partial charge in [-0.2, -0.15) is 0 Å². The standard InChI is InChI=1S/C22H25N7O2S2/c1-31-12-11-27-7-9-28(10-8-27)15-19(30)26-22-25-17-4-3-16(13-18(17)33-22)32-20-14-24-21-23-5-2-6-29(20)21/h2-6,13-14H,7-12,15H2,1H3,(H,25,26,30). The summed E-state index contributed by atoms with van der Waals surface area (Å²) in [7, 11) is 1.72. The first-order valence-electron chi connectivity index (χ1n) is 10.8. The number of methoxy groups -OCH3 is 1. The molecule has 9 nitrogen and oxygen atoms in total. The maximum atomic E-state index is 12.6. The second kappa shape index (κ2) is 10.1.